The van der Waals surface area contributed by atoms with Crippen LogP contribution < -0.4 is 10.1 Å². The van der Waals surface area contributed by atoms with Crippen LogP contribution in [-0.2, 0) is 6.42 Å². The molecule has 20 heavy (non-hydrogen) atoms. The molecule has 2 aromatic rings. The number of carbonyl (C=O) groups excluding carboxylic acids is 1. The molecule has 2 aromatic carbocycles. The van der Waals surface area contributed by atoms with E-state index in [4.69, 9.17) is 9.84 Å². The molecule has 0 fully saturated rings. The lowest BCUT2D eigenvalue weighted by Crippen LogP contribution is -2.25. The van der Waals surface area contributed by atoms with Crippen LogP contribution in [0.4, 0.5) is 0 Å². The molecule has 0 spiro atoms. The van der Waals surface area contributed by atoms with Crippen molar-refractivity contribution >= 4 is 5.91 Å². The lowest BCUT2D eigenvalue weighted by molar-refractivity contribution is 0.0954. The van der Waals surface area contributed by atoms with Gasteiger partial charge in [0.1, 0.15) is 11.5 Å². The van der Waals surface area contributed by atoms with E-state index in [9.17, 15) is 4.79 Å². The van der Waals surface area contributed by atoms with Gasteiger partial charge in [0.2, 0.25) is 0 Å². The second kappa shape index (κ2) is 6.61. The number of phenols is 1. The number of aromatic hydroxyl groups is 1. The third-order valence-corrected chi connectivity index (χ3v) is 2.99. The molecule has 0 aliphatic rings. The Balaban J connectivity index is 1.82. The Bertz CT molecular complexity index is 561. The van der Waals surface area contributed by atoms with Crippen LogP contribution in [0, 0.1) is 0 Å². The second-order valence-corrected chi connectivity index (χ2v) is 4.40. The van der Waals surface area contributed by atoms with Crippen LogP contribution in [0.2, 0.25) is 0 Å². The maximum absolute atomic E-state index is 11.8. The van der Waals surface area contributed by atoms with Crippen molar-refractivity contribution in [2.45, 2.75) is 6.42 Å². The fourth-order valence-corrected chi connectivity index (χ4v) is 1.83. The number of benzene rings is 2. The number of ether oxygens (including phenoxy) is 1. The lowest BCUT2D eigenvalue weighted by Gasteiger charge is -2.06. The summed E-state index contributed by atoms with van der Waals surface area (Å²) in [6, 6.07) is 13.9. The van der Waals surface area contributed by atoms with E-state index in [-0.39, 0.29) is 11.7 Å². The van der Waals surface area contributed by atoms with E-state index in [0.29, 0.717) is 12.1 Å². The minimum Gasteiger partial charge on any atom is -0.508 e. The molecular weight excluding hydrogens is 254 g/mol. The van der Waals surface area contributed by atoms with Gasteiger partial charge in [0, 0.05) is 12.1 Å². The summed E-state index contributed by atoms with van der Waals surface area (Å²) >= 11 is 0. The van der Waals surface area contributed by atoms with E-state index in [1.807, 2.05) is 24.3 Å². The normalized spacial score (nSPS) is 10.1. The second-order valence-electron chi connectivity index (χ2n) is 4.40. The average Bonchev–Trinajstić information content (AvgIpc) is 2.48. The highest BCUT2D eigenvalue weighted by Crippen LogP contribution is 2.12. The van der Waals surface area contributed by atoms with Crippen molar-refractivity contribution in [1.29, 1.82) is 0 Å². The number of rotatable bonds is 5. The molecule has 1 amide bonds. The summed E-state index contributed by atoms with van der Waals surface area (Å²) in [6.07, 6.45) is 0.758. The van der Waals surface area contributed by atoms with Gasteiger partial charge in [0.05, 0.1) is 7.11 Å². The largest absolute Gasteiger partial charge is 0.508 e. The van der Waals surface area contributed by atoms with Crippen LogP contribution in [0.15, 0.2) is 48.5 Å². The number of carbonyl (C=O) groups is 1. The van der Waals surface area contributed by atoms with E-state index in [2.05, 4.69) is 5.32 Å². The molecule has 0 radical (unpaired) electrons. The molecule has 0 aromatic heterocycles. The molecule has 0 aliphatic heterocycles. The molecule has 104 valence electrons. The summed E-state index contributed by atoms with van der Waals surface area (Å²) in [5.41, 5.74) is 1.68. The Morgan fingerprint density at radius 1 is 1.10 bits per heavy atom. The van der Waals surface area contributed by atoms with E-state index in [1.165, 1.54) is 12.1 Å². The maximum Gasteiger partial charge on any atom is 0.251 e. The van der Waals surface area contributed by atoms with E-state index in [0.717, 1.165) is 17.7 Å². The summed E-state index contributed by atoms with van der Waals surface area (Å²) in [4.78, 5) is 11.8. The van der Waals surface area contributed by atoms with Crippen molar-refractivity contribution in [3.05, 3.63) is 59.7 Å². The highest BCUT2D eigenvalue weighted by molar-refractivity contribution is 5.94. The van der Waals surface area contributed by atoms with Gasteiger partial charge in [0.15, 0.2) is 0 Å². The number of nitrogens with one attached hydrogen (secondary N) is 1. The van der Waals surface area contributed by atoms with Gasteiger partial charge in [0.25, 0.3) is 5.91 Å². The summed E-state index contributed by atoms with van der Waals surface area (Å²) in [6.45, 7) is 0.562. The highest BCUT2D eigenvalue weighted by atomic mass is 16.5. The Kier molecular flexibility index (Phi) is 4.60. The minimum atomic E-state index is -0.140. The Labute approximate surface area is 118 Å². The van der Waals surface area contributed by atoms with Gasteiger partial charge in [-0.25, -0.2) is 0 Å². The van der Waals surface area contributed by atoms with Crippen molar-refractivity contribution in [2.24, 2.45) is 0 Å². The number of methoxy groups -OCH3 is 1. The highest BCUT2D eigenvalue weighted by Gasteiger charge is 2.04. The SMILES string of the molecule is COc1ccc(CCNC(=O)c2ccc(O)cc2)cc1. The smallest absolute Gasteiger partial charge is 0.251 e. The van der Waals surface area contributed by atoms with Crippen LogP contribution in [0.25, 0.3) is 0 Å². The Morgan fingerprint density at radius 3 is 2.35 bits per heavy atom. The molecule has 0 bridgehead atoms. The molecule has 0 unspecified atom stereocenters. The van der Waals surface area contributed by atoms with Gasteiger partial charge in [-0.15, -0.1) is 0 Å². The first-order valence-corrected chi connectivity index (χ1v) is 6.39. The zero-order valence-corrected chi connectivity index (χ0v) is 11.3. The topological polar surface area (TPSA) is 58.6 Å². The summed E-state index contributed by atoms with van der Waals surface area (Å²) in [7, 11) is 1.63. The van der Waals surface area contributed by atoms with Crippen LogP contribution in [0.3, 0.4) is 0 Å². The third kappa shape index (κ3) is 3.75. The van der Waals surface area contributed by atoms with Crippen LogP contribution in [0.1, 0.15) is 15.9 Å². The van der Waals surface area contributed by atoms with Crippen molar-refractivity contribution < 1.29 is 14.6 Å². The molecule has 0 saturated carbocycles. The third-order valence-electron chi connectivity index (χ3n) is 2.99. The first kappa shape index (κ1) is 13.9. The number of amides is 1. The van der Waals surface area contributed by atoms with Crippen molar-refractivity contribution in [1.82, 2.24) is 5.32 Å². The minimum absolute atomic E-state index is 0.140. The molecular formula is C16H17NO3. The molecule has 2 N–H and O–H groups in total. The van der Waals surface area contributed by atoms with E-state index < -0.39 is 0 Å². The van der Waals surface area contributed by atoms with Gasteiger partial charge in [-0.3, -0.25) is 4.79 Å². The van der Waals surface area contributed by atoms with Gasteiger partial charge >= 0.3 is 0 Å². The van der Waals surface area contributed by atoms with Crippen molar-refractivity contribution in [3.8, 4) is 11.5 Å². The Hall–Kier alpha value is -2.49. The fourth-order valence-electron chi connectivity index (χ4n) is 1.83. The average molecular weight is 271 g/mol. The monoisotopic (exact) mass is 271 g/mol. The molecule has 0 aliphatic carbocycles. The zero-order chi connectivity index (χ0) is 14.4. The zero-order valence-electron chi connectivity index (χ0n) is 11.3. The predicted octanol–water partition coefficient (Wildman–Crippen LogP) is 2.37. The van der Waals surface area contributed by atoms with Crippen LogP contribution in [-0.4, -0.2) is 24.7 Å². The summed E-state index contributed by atoms with van der Waals surface area (Å²) in [5, 5.41) is 12.0. The number of hydrogen-bond donors (Lipinski definition) is 2. The standard InChI is InChI=1S/C16H17NO3/c1-20-15-8-2-12(3-9-15)10-11-17-16(19)13-4-6-14(18)7-5-13/h2-9,18H,10-11H2,1H3,(H,17,19). The molecule has 4 nitrogen and oxygen atoms in total. The van der Waals surface area contributed by atoms with Gasteiger partial charge in [-0.2, -0.15) is 0 Å². The number of phenolic OH excluding ortho intramolecular Hbond substituents is 1. The van der Waals surface area contributed by atoms with Gasteiger partial charge < -0.3 is 15.2 Å². The molecule has 2 rings (SSSR count). The van der Waals surface area contributed by atoms with Crippen molar-refractivity contribution in [2.75, 3.05) is 13.7 Å². The quantitative estimate of drug-likeness (QED) is 0.877. The molecule has 4 heteroatoms. The summed E-state index contributed by atoms with van der Waals surface area (Å²) in [5.74, 6) is 0.833. The molecule has 0 atom stereocenters. The predicted molar refractivity (Wildman–Crippen MR) is 77.1 cm³/mol. The Morgan fingerprint density at radius 2 is 1.75 bits per heavy atom. The maximum atomic E-state index is 11.8. The first-order chi connectivity index (χ1) is 9.69. The van der Waals surface area contributed by atoms with Crippen LogP contribution in [0.5, 0.6) is 11.5 Å². The lowest BCUT2D eigenvalue weighted by atomic mass is 10.1. The number of hydrogen-bond acceptors (Lipinski definition) is 3. The van der Waals surface area contributed by atoms with Crippen molar-refractivity contribution in [3.63, 3.8) is 0 Å². The van der Waals surface area contributed by atoms with E-state index >= 15 is 0 Å². The van der Waals surface area contributed by atoms with Crippen LogP contribution >= 0.6 is 0 Å². The fraction of sp³-hybridized carbons (Fsp3) is 0.188. The first-order valence-electron chi connectivity index (χ1n) is 6.39. The van der Waals surface area contributed by atoms with Gasteiger partial charge in [-0.05, 0) is 48.4 Å². The molecule has 0 heterocycles. The van der Waals surface area contributed by atoms with E-state index in [1.54, 1.807) is 19.2 Å². The molecule has 0 saturated heterocycles. The summed E-state index contributed by atoms with van der Waals surface area (Å²) < 4.78 is 5.09. The van der Waals surface area contributed by atoms with Gasteiger partial charge in [-0.1, -0.05) is 12.1 Å².